The summed E-state index contributed by atoms with van der Waals surface area (Å²) >= 11 is 0. The summed E-state index contributed by atoms with van der Waals surface area (Å²) in [5.74, 6) is -2.44. The number of hydrogen-bond donors (Lipinski definition) is 5. The van der Waals surface area contributed by atoms with Crippen LogP contribution < -0.4 is 0 Å². The number of Topliss-reactive ketones (excluding diaryl/α,β-unsaturated/α-hetero) is 1. The Bertz CT molecular complexity index is 1620. The summed E-state index contributed by atoms with van der Waals surface area (Å²) in [6.45, 7) is 5.73. The summed E-state index contributed by atoms with van der Waals surface area (Å²) < 4.78 is 23.5. The van der Waals surface area contributed by atoms with Crippen molar-refractivity contribution in [3.8, 4) is 0 Å². The second kappa shape index (κ2) is 11.9. The van der Waals surface area contributed by atoms with Crippen LogP contribution in [0.4, 0.5) is 0 Å². The summed E-state index contributed by atoms with van der Waals surface area (Å²) in [5, 5.41) is 52.2. The minimum absolute atomic E-state index is 0.0145. The molecule has 13 heteroatoms. The summed E-state index contributed by atoms with van der Waals surface area (Å²) in [7, 11) is 0. The topological polar surface area (TPSA) is 193 Å². The third-order valence-electron chi connectivity index (χ3n) is 15.2. The molecular formula is C38H49NO12. The smallest absolute Gasteiger partial charge is 0.335 e. The molecule has 0 aromatic heterocycles. The number of aliphatic hydroxyl groups excluding tert-OH is 4. The monoisotopic (exact) mass is 711 g/mol. The van der Waals surface area contributed by atoms with Crippen LogP contribution in [-0.4, -0.2) is 117 Å². The average Bonchev–Trinajstić information content (AvgIpc) is 3.86. The Morgan fingerprint density at radius 1 is 1.04 bits per heavy atom. The maximum atomic E-state index is 14.9. The van der Waals surface area contributed by atoms with Crippen LogP contribution in [0.15, 0.2) is 34.6 Å². The van der Waals surface area contributed by atoms with Gasteiger partial charge in [0, 0.05) is 36.4 Å². The van der Waals surface area contributed by atoms with E-state index in [2.05, 4.69) is 18.7 Å². The Morgan fingerprint density at radius 3 is 2.59 bits per heavy atom. The molecule has 278 valence electrons. The largest absolute Gasteiger partial charge is 0.478 e. The number of rotatable bonds is 7. The van der Waals surface area contributed by atoms with Crippen LogP contribution in [0, 0.1) is 52.3 Å². The van der Waals surface area contributed by atoms with E-state index in [1.54, 1.807) is 6.08 Å². The van der Waals surface area contributed by atoms with Gasteiger partial charge < -0.3 is 44.5 Å². The van der Waals surface area contributed by atoms with Crippen molar-refractivity contribution in [2.24, 2.45) is 52.3 Å². The second-order valence-corrected chi connectivity index (χ2v) is 17.0. The van der Waals surface area contributed by atoms with Crippen molar-refractivity contribution in [1.29, 1.82) is 0 Å². The van der Waals surface area contributed by atoms with Crippen LogP contribution in [0.5, 0.6) is 0 Å². The third kappa shape index (κ3) is 4.55. The van der Waals surface area contributed by atoms with E-state index in [9.17, 15) is 39.9 Å². The fourth-order valence-corrected chi connectivity index (χ4v) is 12.7. The van der Waals surface area contributed by atoms with Crippen LogP contribution in [0.1, 0.15) is 58.8 Å². The van der Waals surface area contributed by atoms with E-state index in [1.807, 2.05) is 0 Å². The molecule has 0 amide bonds. The van der Waals surface area contributed by atoms with Gasteiger partial charge in [-0.2, -0.15) is 0 Å². The molecule has 51 heavy (non-hydrogen) atoms. The van der Waals surface area contributed by atoms with Gasteiger partial charge in [0.2, 0.25) is 6.29 Å². The third-order valence-corrected chi connectivity index (χ3v) is 15.2. The molecule has 16 atom stereocenters. The fourth-order valence-electron chi connectivity index (χ4n) is 12.7. The Labute approximate surface area is 296 Å². The van der Waals surface area contributed by atoms with E-state index in [0.717, 1.165) is 51.5 Å². The predicted molar refractivity (Wildman–Crippen MR) is 175 cm³/mol. The van der Waals surface area contributed by atoms with E-state index >= 15 is 0 Å². The number of ketones is 1. The molecule has 4 heterocycles. The highest BCUT2D eigenvalue weighted by Gasteiger charge is 2.76. The molecule has 13 nitrogen and oxygen atoms in total. The zero-order valence-corrected chi connectivity index (χ0v) is 29.1. The lowest BCUT2D eigenvalue weighted by atomic mass is 9.45. The summed E-state index contributed by atoms with van der Waals surface area (Å²) in [5.41, 5.74) is 2.24. The van der Waals surface area contributed by atoms with Crippen LogP contribution in [0.2, 0.25) is 0 Å². The number of fused-ring (bicyclic) bond motifs is 2. The minimum Gasteiger partial charge on any atom is -0.478 e. The highest BCUT2D eigenvalue weighted by atomic mass is 16.8. The summed E-state index contributed by atoms with van der Waals surface area (Å²) in [4.78, 5) is 43.5. The van der Waals surface area contributed by atoms with Gasteiger partial charge in [-0.15, -0.1) is 0 Å². The van der Waals surface area contributed by atoms with E-state index in [-0.39, 0.29) is 35.3 Å². The first-order chi connectivity index (χ1) is 24.4. The second-order valence-electron chi connectivity index (χ2n) is 17.0. The molecule has 2 saturated carbocycles. The normalized spacial score (nSPS) is 49.5. The van der Waals surface area contributed by atoms with Gasteiger partial charge in [0.25, 0.3) is 0 Å². The number of esters is 1. The van der Waals surface area contributed by atoms with Gasteiger partial charge in [-0.1, -0.05) is 31.1 Å². The molecule has 5 aliphatic carbocycles. The highest BCUT2D eigenvalue weighted by Crippen LogP contribution is 2.75. The van der Waals surface area contributed by atoms with Gasteiger partial charge in [-0.3, -0.25) is 14.5 Å². The lowest BCUT2D eigenvalue weighted by molar-refractivity contribution is -0.340. The summed E-state index contributed by atoms with van der Waals surface area (Å²) in [6, 6.07) is 0.322. The molecule has 0 aromatic carbocycles. The number of hydrogen-bond acceptors (Lipinski definition) is 12. The van der Waals surface area contributed by atoms with Crippen LogP contribution >= 0.6 is 0 Å². The van der Waals surface area contributed by atoms with E-state index < -0.39 is 78.7 Å². The van der Waals surface area contributed by atoms with Gasteiger partial charge in [0.15, 0.2) is 6.29 Å². The number of piperidine rings is 1. The van der Waals surface area contributed by atoms with Crippen molar-refractivity contribution in [2.45, 2.75) is 102 Å². The Hall–Kier alpha value is -2.65. The first-order valence-corrected chi connectivity index (χ1v) is 18.8. The molecule has 4 aliphatic heterocycles. The molecular weight excluding hydrogens is 662 g/mol. The number of ether oxygens (including phenoxy) is 4. The predicted octanol–water partition coefficient (Wildman–Crippen LogP) is 1.29. The zero-order chi connectivity index (χ0) is 35.7. The van der Waals surface area contributed by atoms with Gasteiger partial charge in [0.05, 0.1) is 35.7 Å². The zero-order valence-electron chi connectivity index (χ0n) is 29.1. The van der Waals surface area contributed by atoms with Crippen molar-refractivity contribution in [3.05, 3.63) is 34.6 Å². The van der Waals surface area contributed by atoms with Crippen LogP contribution in [0.25, 0.3) is 0 Å². The SMILES string of the molecule is CC1CN2CC3CCC4=C5C(CC4)C(C(=O)OCC4OC(OC6OC=C(C(=O)O)C7CC=C(CO)C67)C(O)C(O)C4O)CC54C(=O)C1CC2C34C. The molecule has 5 fully saturated rings. The summed E-state index contributed by atoms with van der Waals surface area (Å²) in [6.07, 6.45) is -0.714. The number of nitrogens with zero attached hydrogens (tertiary/aromatic N) is 1. The van der Waals surface area contributed by atoms with Crippen molar-refractivity contribution >= 4 is 17.7 Å². The molecule has 5 N–H and O–H groups in total. The van der Waals surface area contributed by atoms with E-state index in [0.29, 0.717) is 36.2 Å². The maximum Gasteiger partial charge on any atom is 0.335 e. The lowest BCUT2D eigenvalue weighted by Crippen LogP contribution is -2.64. The number of carbonyl (C=O) groups excluding carboxylic acids is 2. The minimum atomic E-state index is -1.71. The van der Waals surface area contributed by atoms with Gasteiger partial charge in [-0.25, -0.2) is 4.79 Å². The van der Waals surface area contributed by atoms with E-state index in [1.165, 1.54) is 11.1 Å². The van der Waals surface area contributed by atoms with E-state index in [4.69, 9.17) is 18.9 Å². The number of carbonyl (C=O) groups is 3. The first kappa shape index (κ1) is 34.1. The van der Waals surface area contributed by atoms with Crippen molar-refractivity contribution in [1.82, 2.24) is 4.90 Å². The van der Waals surface area contributed by atoms with Gasteiger partial charge >= 0.3 is 11.9 Å². The quantitative estimate of drug-likeness (QED) is 0.188. The van der Waals surface area contributed by atoms with Crippen molar-refractivity contribution in [2.75, 3.05) is 26.3 Å². The molecule has 0 radical (unpaired) electrons. The number of carboxylic acid groups (broad SMARTS) is 1. The first-order valence-electron chi connectivity index (χ1n) is 18.8. The average molecular weight is 712 g/mol. The Balaban J connectivity index is 0.939. The Morgan fingerprint density at radius 2 is 1.82 bits per heavy atom. The standard InChI is InChI=1S/C38H49NO12/c1-16-11-39-12-19-6-3-17-4-8-21-23(10-38(28(17)21)32(44)22(16)9-26(39)37(19,38)2)34(47)48-15-25-29(41)30(42)31(43)36(50-25)51-35-27-18(13-40)5-7-20(27)24(14-49-35)33(45)46/h5,14,16,19-23,25-27,29-31,35-36,40-43H,3-4,6-13,15H2,1-2H3,(H,45,46). The number of carboxylic acids is 1. The maximum absolute atomic E-state index is 14.9. The number of aliphatic carboxylic acids is 1. The molecule has 16 unspecified atom stereocenters. The van der Waals surface area contributed by atoms with Crippen molar-refractivity contribution < 1.29 is 58.9 Å². The fraction of sp³-hybridized carbons (Fsp3) is 0.763. The van der Waals surface area contributed by atoms with Gasteiger partial charge in [-0.05, 0) is 68.3 Å². The molecule has 0 aromatic rings. The number of allylic oxidation sites excluding steroid dienone is 3. The molecule has 9 rings (SSSR count). The molecule has 2 bridgehead atoms. The Kier molecular flexibility index (Phi) is 7.98. The highest BCUT2D eigenvalue weighted by molar-refractivity contribution is 5.95. The molecule has 9 aliphatic rings. The molecule has 3 saturated heterocycles. The van der Waals surface area contributed by atoms with Crippen LogP contribution in [-0.2, 0) is 33.3 Å². The number of aliphatic hydroxyl groups is 4. The van der Waals surface area contributed by atoms with Gasteiger partial charge in [0.1, 0.15) is 36.8 Å². The van der Waals surface area contributed by atoms with Crippen LogP contribution in [0.3, 0.4) is 0 Å². The lowest BCUT2D eigenvalue weighted by Gasteiger charge is -2.59. The molecule has 1 spiro atoms. The van der Waals surface area contributed by atoms with Crippen molar-refractivity contribution in [3.63, 3.8) is 0 Å².